The summed E-state index contributed by atoms with van der Waals surface area (Å²) in [5.74, 6) is 0.651. The number of nitrogens with zero attached hydrogens (tertiary/aromatic N) is 5. The number of rotatable bonds is 3. The third kappa shape index (κ3) is 2.50. The molecule has 8 nitrogen and oxygen atoms in total. The predicted octanol–water partition coefficient (Wildman–Crippen LogP) is 2.90. The molecule has 0 saturated carbocycles. The Kier molecular flexibility index (Phi) is 3.47. The minimum atomic E-state index is -0.417. The van der Waals surface area contributed by atoms with Crippen molar-refractivity contribution in [1.82, 2.24) is 19.9 Å². The van der Waals surface area contributed by atoms with Gasteiger partial charge >= 0.3 is 0 Å². The van der Waals surface area contributed by atoms with Gasteiger partial charge < -0.3 is 0 Å². The first-order valence-electron chi connectivity index (χ1n) is 6.97. The van der Waals surface area contributed by atoms with Gasteiger partial charge in [-0.1, -0.05) is 11.8 Å². The van der Waals surface area contributed by atoms with Crippen LogP contribution in [0.1, 0.15) is 5.56 Å². The average molecular weight is 338 g/mol. The van der Waals surface area contributed by atoms with Gasteiger partial charge in [0.1, 0.15) is 0 Å². The van der Waals surface area contributed by atoms with Crippen LogP contribution in [0.3, 0.4) is 0 Å². The minimum Gasteiger partial charge on any atom is -0.289 e. The summed E-state index contributed by atoms with van der Waals surface area (Å²) in [5.41, 5.74) is 5.79. The number of pyridine rings is 1. The molecule has 0 atom stereocenters. The molecule has 1 aliphatic heterocycles. The summed E-state index contributed by atoms with van der Waals surface area (Å²) < 4.78 is 1.78. The molecule has 1 N–H and O–H groups in total. The van der Waals surface area contributed by atoms with Gasteiger partial charge in [0.25, 0.3) is 5.69 Å². The van der Waals surface area contributed by atoms with Gasteiger partial charge in [-0.15, -0.1) is 10.2 Å². The highest BCUT2D eigenvalue weighted by Crippen LogP contribution is 2.31. The maximum Gasteiger partial charge on any atom is 0.269 e. The number of nitro benzene ring substituents is 1. The van der Waals surface area contributed by atoms with Crippen LogP contribution < -0.4 is 5.43 Å². The molecule has 3 aromatic rings. The second-order valence-electron chi connectivity index (χ2n) is 4.95. The molecule has 4 rings (SSSR count). The van der Waals surface area contributed by atoms with Crippen LogP contribution in [0.5, 0.6) is 0 Å². The van der Waals surface area contributed by atoms with Crippen molar-refractivity contribution in [3.05, 3.63) is 69.9 Å². The predicted molar refractivity (Wildman–Crippen MR) is 89.5 cm³/mol. The van der Waals surface area contributed by atoms with E-state index in [0.29, 0.717) is 11.0 Å². The molecule has 24 heavy (non-hydrogen) atoms. The number of hydrogen-bond acceptors (Lipinski definition) is 7. The van der Waals surface area contributed by atoms with E-state index in [1.807, 2.05) is 17.5 Å². The van der Waals surface area contributed by atoms with Gasteiger partial charge in [0.05, 0.1) is 10.6 Å². The molecule has 118 valence electrons. The van der Waals surface area contributed by atoms with E-state index in [2.05, 4.69) is 20.6 Å². The molecule has 0 radical (unpaired) electrons. The van der Waals surface area contributed by atoms with E-state index in [0.717, 1.165) is 16.8 Å². The lowest BCUT2D eigenvalue weighted by atomic mass is 10.1. The number of aromatic nitrogens is 4. The molecule has 0 saturated heterocycles. The minimum absolute atomic E-state index is 0.0591. The highest BCUT2D eigenvalue weighted by Gasteiger charge is 2.19. The normalized spacial score (nSPS) is 12.9. The van der Waals surface area contributed by atoms with Crippen LogP contribution in [-0.4, -0.2) is 24.8 Å². The number of benzene rings is 1. The average Bonchev–Trinajstić information content (AvgIpc) is 3.05. The van der Waals surface area contributed by atoms with E-state index in [-0.39, 0.29) is 5.69 Å². The summed E-state index contributed by atoms with van der Waals surface area (Å²) in [6.07, 6.45) is 3.41. The second-order valence-corrected chi connectivity index (χ2v) is 5.79. The zero-order valence-electron chi connectivity index (χ0n) is 12.2. The van der Waals surface area contributed by atoms with Gasteiger partial charge in [-0.3, -0.25) is 20.5 Å². The first kappa shape index (κ1) is 14.4. The van der Waals surface area contributed by atoms with Crippen molar-refractivity contribution >= 4 is 23.1 Å². The SMILES string of the molecule is O=[N+]([O-])c1ccc(C2=CSc3nnc(-c4cccnc4)n3N2)cc1. The maximum absolute atomic E-state index is 10.8. The Balaban J connectivity index is 1.66. The van der Waals surface area contributed by atoms with E-state index in [1.54, 1.807) is 29.2 Å². The highest BCUT2D eigenvalue weighted by atomic mass is 32.2. The smallest absolute Gasteiger partial charge is 0.269 e. The summed E-state index contributed by atoms with van der Waals surface area (Å²) >= 11 is 1.43. The summed E-state index contributed by atoms with van der Waals surface area (Å²) in [6.45, 7) is 0. The van der Waals surface area contributed by atoms with Crippen LogP contribution in [-0.2, 0) is 0 Å². The number of fused-ring (bicyclic) bond motifs is 1. The first-order chi connectivity index (χ1) is 11.7. The molecular formula is C15H10N6O2S. The van der Waals surface area contributed by atoms with Crippen molar-refractivity contribution in [2.45, 2.75) is 5.16 Å². The molecule has 2 aromatic heterocycles. The molecule has 1 aliphatic rings. The monoisotopic (exact) mass is 338 g/mol. The molecule has 3 heterocycles. The lowest BCUT2D eigenvalue weighted by Crippen LogP contribution is -2.18. The van der Waals surface area contributed by atoms with E-state index in [4.69, 9.17) is 0 Å². The topological polar surface area (TPSA) is 98.8 Å². The zero-order chi connectivity index (χ0) is 16.5. The summed E-state index contributed by atoms with van der Waals surface area (Å²) in [4.78, 5) is 14.4. The van der Waals surface area contributed by atoms with Gasteiger partial charge in [-0.2, -0.15) is 0 Å². The third-order valence-corrected chi connectivity index (χ3v) is 4.29. The van der Waals surface area contributed by atoms with Gasteiger partial charge in [0.2, 0.25) is 5.16 Å². The van der Waals surface area contributed by atoms with Gasteiger partial charge in [0.15, 0.2) is 5.82 Å². The van der Waals surface area contributed by atoms with Crippen LogP contribution in [0.2, 0.25) is 0 Å². The standard InChI is InChI=1S/C15H10N6O2S/c22-21(23)12-5-3-10(4-6-12)13-9-24-15-18-17-14(20(15)19-13)11-2-1-7-16-8-11/h1-9,19H. The molecular weight excluding hydrogens is 328 g/mol. The molecule has 0 unspecified atom stereocenters. The molecule has 0 fully saturated rings. The van der Waals surface area contributed by atoms with Crippen molar-refractivity contribution in [3.8, 4) is 11.4 Å². The maximum atomic E-state index is 10.8. The van der Waals surface area contributed by atoms with Crippen LogP contribution in [0.4, 0.5) is 5.69 Å². The molecule has 9 heteroatoms. The van der Waals surface area contributed by atoms with Crippen molar-refractivity contribution < 1.29 is 4.92 Å². The number of nitro groups is 1. The Hall–Kier alpha value is -3.20. The summed E-state index contributed by atoms with van der Waals surface area (Å²) in [7, 11) is 0. The largest absolute Gasteiger partial charge is 0.289 e. The Morgan fingerprint density at radius 3 is 2.67 bits per heavy atom. The first-order valence-corrected chi connectivity index (χ1v) is 7.85. The Morgan fingerprint density at radius 1 is 1.12 bits per heavy atom. The lowest BCUT2D eigenvalue weighted by Gasteiger charge is -2.18. The molecule has 1 aromatic carbocycles. The quantitative estimate of drug-likeness (QED) is 0.579. The lowest BCUT2D eigenvalue weighted by molar-refractivity contribution is -0.384. The number of non-ortho nitro benzene ring substituents is 1. The van der Waals surface area contributed by atoms with Gasteiger partial charge in [-0.05, 0) is 24.3 Å². The molecule has 0 amide bonds. The fourth-order valence-electron chi connectivity index (χ4n) is 2.28. The molecule has 0 spiro atoms. The summed E-state index contributed by atoms with van der Waals surface area (Å²) in [5, 5.41) is 21.7. The van der Waals surface area contributed by atoms with E-state index in [1.165, 1.54) is 23.9 Å². The fraction of sp³-hybridized carbons (Fsp3) is 0. The van der Waals surface area contributed by atoms with Crippen molar-refractivity contribution in [2.24, 2.45) is 0 Å². The van der Waals surface area contributed by atoms with Crippen LogP contribution in [0.15, 0.2) is 59.4 Å². The van der Waals surface area contributed by atoms with Crippen molar-refractivity contribution in [1.29, 1.82) is 0 Å². The number of hydrogen-bond donors (Lipinski definition) is 1. The Labute approximate surface area is 140 Å². The van der Waals surface area contributed by atoms with Gasteiger partial charge in [-0.25, -0.2) is 4.68 Å². The fourth-order valence-corrected chi connectivity index (χ4v) is 3.02. The summed E-state index contributed by atoms with van der Waals surface area (Å²) in [6, 6.07) is 10.1. The Morgan fingerprint density at radius 2 is 1.96 bits per heavy atom. The van der Waals surface area contributed by atoms with Crippen LogP contribution in [0, 0.1) is 10.1 Å². The third-order valence-electron chi connectivity index (χ3n) is 3.46. The van der Waals surface area contributed by atoms with E-state index in [9.17, 15) is 10.1 Å². The van der Waals surface area contributed by atoms with E-state index < -0.39 is 4.92 Å². The van der Waals surface area contributed by atoms with E-state index >= 15 is 0 Å². The number of nitrogens with one attached hydrogen (secondary N) is 1. The molecule has 0 bridgehead atoms. The Bertz CT molecular complexity index is 936. The van der Waals surface area contributed by atoms with Crippen LogP contribution >= 0.6 is 11.8 Å². The van der Waals surface area contributed by atoms with Crippen LogP contribution in [0.25, 0.3) is 17.1 Å². The van der Waals surface area contributed by atoms with Crippen molar-refractivity contribution in [3.63, 3.8) is 0 Å². The number of thioether (sulfide) groups is 1. The second kappa shape index (κ2) is 5.78. The van der Waals surface area contributed by atoms with Gasteiger partial charge in [0, 0.05) is 41.1 Å². The zero-order valence-corrected chi connectivity index (χ0v) is 13.0. The highest BCUT2D eigenvalue weighted by molar-refractivity contribution is 8.02. The molecule has 0 aliphatic carbocycles. The van der Waals surface area contributed by atoms with Crippen molar-refractivity contribution in [2.75, 3.05) is 5.43 Å².